The van der Waals surface area contributed by atoms with E-state index >= 15 is 0 Å². The number of rotatable bonds is 4. The van der Waals surface area contributed by atoms with E-state index in [1.807, 2.05) is 65.3 Å². The number of aromatic nitrogens is 2. The van der Waals surface area contributed by atoms with Crippen molar-refractivity contribution >= 4 is 34.6 Å². The van der Waals surface area contributed by atoms with Crippen molar-refractivity contribution in [3.8, 4) is 11.4 Å². The van der Waals surface area contributed by atoms with Crippen molar-refractivity contribution in [1.29, 1.82) is 0 Å². The highest BCUT2D eigenvalue weighted by Crippen LogP contribution is 2.49. The van der Waals surface area contributed by atoms with Crippen molar-refractivity contribution in [2.75, 3.05) is 17.3 Å². The van der Waals surface area contributed by atoms with Gasteiger partial charge in [-0.3, -0.25) is 0 Å². The van der Waals surface area contributed by atoms with Crippen LogP contribution >= 0.6 is 0 Å². The van der Waals surface area contributed by atoms with Crippen molar-refractivity contribution in [1.82, 2.24) is 9.78 Å². The van der Waals surface area contributed by atoms with E-state index in [9.17, 15) is 0 Å². The number of nitrogens with zero attached hydrogens (tertiary/aromatic N) is 5. The highest BCUT2D eigenvalue weighted by atomic mass is 16.5. The van der Waals surface area contributed by atoms with Crippen molar-refractivity contribution in [3.05, 3.63) is 126 Å². The zero-order valence-corrected chi connectivity index (χ0v) is 22.5. The highest BCUT2D eigenvalue weighted by molar-refractivity contribution is 6.51. The molecule has 1 N–H and O–H groups in total. The number of aliphatic imine (C=N–C) groups is 2. The van der Waals surface area contributed by atoms with E-state index in [1.165, 1.54) is 5.56 Å². The van der Waals surface area contributed by atoms with Crippen LogP contribution in [0.2, 0.25) is 0 Å². The van der Waals surface area contributed by atoms with Gasteiger partial charge in [-0.1, -0.05) is 66.2 Å². The van der Waals surface area contributed by atoms with Gasteiger partial charge in [-0.25, -0.2) is 14.7 Å². The molecule has 7 rings (SSSR count). The summed E-state index contributed by atoms with van der Waals surface area (Å²) in [5, 5.41) is 8.57. The lowest BCUT2D eigenvalue weighted by Gasteiger charge is -2.41. The predicted molar refractivity (Wildman–Crippen MR) is 161 cm³/mol. The summed E-state index contributed by atoms with van der Waals surface area (Å²) >= 11 is 0. The lowest BCUT2D eigenvalue weighted by Crippen LogP contribution is -2.46. The van der Waals surface area contributed by atoms with Crippen LogP contribution in [0.25, 0.3) is 5.69 Å². The van der Waals surface area contributed by atoms with Crippen LogP contribution in [0.5, 0.6) is 5.75 Å². The van der Waals surface area contributed by atoms with Gasteiger partial charge in [-0.15, -0.1) is 0 Å². The van der Waals surface area contributed by atoms with Crippen LogP contribution in [-0.4, -0.2) is 28.6 Å². The van der Waals surface area contributed by atoms with Crippen LogP contribution in [0.3, 0.4) is 0 Å². The second kappa shape index (κ2) is 9.54. The van der Waals surface area contributed by atoms with Gasteiger partial charge in [0.25, 0.3) is 0 Å². The Hall–Kier alpha value is -5.17. The predicted octanol–water partition coefficient (Wildman–Crippen LogP) is 7.29. The lowest BCUT2D eigenvalue weighted by molar-refractivity contribution is 0.407. The van der Waals surface area contributed by atoms with Crippen molar-refractivity contribution in [2.24, 2.45) is 9.98 Å². The minimum atomic E-state index is -0.248. The first-order valence-electron chi connectivity index (χ1n) is 13.3. The van der Waals surface area contributed by atoms with Gasteiger partial charge < -0.3 is 15.0 Å². The number of para-hydroxylation sites is 4. The molecule has 0 bridgehead atoms. The molecule has 0 fully saturated rings. The first-order chi connectivity index (χ1) is 19.6. The Labute approximate surface area is 233 Å². The van der Waals surface area contributed by atoms with Gasteiger partial charge in [0.05, 0.1) is 35.9 Å². The number of aryl methyl sites for hydroxylation is 2. The van der Waals surface area contributed by atoms with Crippen LogP contribution in [0.1, 0.15) is 28.4 Å². The number of hydrogen-bond donors (Lipinski definition) is 1. The molecule has 0 aliphatic carbocycles. The maximum atomic E-state index is 5.91. The molecule has 0 unspecified atom stereocenters. The topological polar surface area (TPSA) is 67.0 Å². The third-order valence-corrected chi connectivity index (χ3v) is 7.39. The molecule has 3 heterocycles. The fourth-order valence-corrected chi connectivity index (χ4v) is 5.51. The Balaban J connectivity index is 1.51. The zero-order valence-electron chi connectivity index (χ0n) is 22.5. The van der Waals surface area contributed by atoms with Crippen LogP contribution in [0.4, 0.5) is 22.9 Å². The lowest BCUT2D eigenvalue weighted by atomic mass is 9.92. The summed E-state index contributed by atoms with van der Waals surface area (Å²) < 4.78 is 7.84. The van der Waals surface area contributed by atoms with Crippen molar-refractivity contribution < 1.29 is 4.74 Å². The number of nitrogens with one attached hydrogen (secondary N) is 1. The van der Waals surface area contributed by atoms with Crippen molar-refractivity contribution in [3.63, 3.8) is 0 Å². The number of fused-ring (bicyclic) bond motifs is 4. The van der Waals surface area contributed by atoms with Crippen LogP contribution in [0, 0.1) is 13.8 Å². The molecule has 0 saturated carbocycles. The fraction of sp³-hybridized carbons (Fsp3) is 0.121. The summed E-state index contributed by atoms with van der Waals surface area (Å²) in [5.41, 5.74) is 7.90. The molecule has 196 valence electrons. The largest absolute Gasteiger partial charge is 0.496 e. The molecule has 0 saturated heterocycles. The molecule has 1 atom stereocenters. The minimum Gasteiger partial charge on any atom is -0.496 e. The molecule has 0 radical (unpaired) electrons. The number of anilines is 2. The molecule has 0 amide bonds. The van der Waals surface area contributed by atoms with Crippen LogP contribution in [-0.2, 0) is 0 Å². The molecule has 4 aromatic carbocycles. The summed E-state index contributed by atoms with van der Waals surface area (Å²) in [6.07, 6.45) is 0. The van der Waals surface area contributed by atoms with Gasteiger partial charge in [-0.2, -0.15) is 5.10 Å². The zero-order chi connectivity index (χ0) is 27.2. The summed E-state index contributed by atoms with van der Waals surface area (Å²) in [6.45, 7) is 4.13. The molecular formula is C33H28N6O. The fourth-order valence-electron chi connectivity index (χ4n) is 5.51. The number of benzene rings is 4. The molecular weight excluding hydrogens is 496 g/mol. The molecule has 0 spiro atoms. The molecule has 1 aromatic heterocycles. The maximum absolute atomic E-state index is 5.91. The van der Waals surface area contributed by atoms with Gasteiger partial charge in [0.2, 0.25) is 0 Å². The highest BCUT2D eigenvalue weighted by Gasteiger charge is 2.42. The normalized spacial score (nSPS) is 15.4. The van der Waals surface area contributed by atoms with Gasteiger partial charge in [0.15, 0.2) is 17.5 Å². The first-order valence-corrected chi connectivity index (χ1v) is 13.3. The summed E-state index contributed by atoms with van der Waals surface area (Å²) in [5.74, 6) is 2.98. The van der Waals surface area contributed by atoms with Gasteiger partial charge in [-0.05, 0) is 56.3 Å². The summed E-state index contributed by atoms with van der Waals surface area (Å²) in [6, 6.07) is 34.6. The van der Waals surface area contributed by atoms with E-state index in [2.05, 4.69) is 66.5 Å². The second-order valence-corrected chi connectivity index (χ2v) is 9.96. The Morgan fingerprint density at radius 1 is 0.775 bits per heavy atom. The number of hydrogen-bond acceptors (Lipinski definition) is 6. The Bertz CT molecular complexity index is 1790. The smallest absolute Gasteiger partial charge is 0.179 e. The first kappa shape index (κ1) is 23.9. The van der Waals surface area contributed by atoms with E-state index < -0.39 is 0 Å². The average Bonchev–Trinajstić information content (AvgIpc) is 3.33. The monoisotopic (exact) mass is 524 g/mol. The Morgan fingerprint density at radius 3 is 2.30 bits per heavy atom. The summed E-state index contributed by atoms with van der Waals surface area (Å²) in [4.78, 5) is 12.6. The van der Waals surface area contributed by atoms with E-state index in [1.54, 1.807) is 7.11 Å². The van der Waals surface area contributed by atoms with Crippen LogP contribution < -0.4 is 15.0 Å². The molecule has 7 heteroatoms. The van der Waals surface area contributed by atoms with Crippen LogP contribution in [0.15, 0.2) is 113 Å². The van der Waals surface area contributed by atoms with E-state index in [0.717, 1.165) is 57.0 Å². The van der Waals surface area contributed by atoms with Gasteiger partial charge >= 0.3 is 0 Å². The Morgan fingerprint density at radius 2 is 1.50 bits per heavy atom. The second-order valence-electron chi connectivity index (χ2n) is 9.96. The third-order valence-electron chi connectivity index (χ3n) is 7.39. The molecule has 2 aliphatic rings. The average molecular weight is 525 g/mol. The molecule has 7 nitrogen and oxygen atoms in total. The SMILES string of the molecule is COc1ccccc1[C@H]1c2c(C)nn(-c3ccccc3)c2N=C2C(Nc3ccc(C)cc3)=Nc3ccccc3N21. The van der Waals surface area contributed by atoms with Gasteiger partial charge in [0.1, 0.15) is 5.75 Å². The quantitative estimate of drug-likeness (QED) is 0.268. The molecule has 2 aliphatic heterocycles. The molecule has 5 aromatic rings. The number of amidine groups is 2. The minimum absolute atomic E-state index is 0.248. The standard InChI is InChI=1S/C33H28N6O/c1-21-17-19-23(20-18-21)34-31-33-36-32-29(22(2)37-39(32)24-11-5-4-6-12-24)30(25-13-7-10-16-28(25)40-3)38(33)27-15-9-8-14-26(27)35-31/h4-20,30H,1-3H3,(H,34,35)/t30-/m0/s1. The van der Waals surface area contributed by atoms with Crippen molar-refractivity contribution in [2.45, 2.75) is 19.9 Å². The third kappa shape index (κ3) is 3.86. The number of ether oxygens (including phenoxy) is 1. The van der Waals surface area contributed by atoms with E-state index in [4.69, 9.17) is 19.8 Å². The van der Waals surface area contributed by atoms with Gasteiger partial charge in [0, 0.05) is 16.8 Å². The van der Waals surface area contributed by atoms with E-state index in [-0.39, 0.29) is 6.04 Å². The maximum Gasteiger partial charge on any atom is 0.179 e. The summed E-state index contributed by atoms with van der Waals surface area (Å²) in [7, 11) is 1.72. The number of methoxy groups -OCH3 is 1. The Kier molecular flexibility index (Phi) is 5.70. The molecule has 40 heavy (non-hydrogen) atoms. The van der Waals surface area contributed by atoms with E-state index in [0.29, 0.717) is 5.84 Å².